The van der Waals surface area contributed by atoms with Crippen molar-refractivity contribution in [2.24, 2.45) is 0 Å². The van der Waals surface area contributed by atoms with Gasteiger partial charge in [0.15, 0.2) is 0 Å². The van der Waals surface area contributed by atoms with Gasteiger partial charge in [-0.3, -0.25) is 0 Å². The van der Waals surface area contributed by atoms with Crippen LogP contribution in [-0.2, 0) is 6.42 Å². The van der Waals surface area contributed by atoms with E-state index >= 15 is 0 Å². The maximum absolute atomic E-state index is 8.88. The lowest BCUT2D eigenvalue weighted by Crippen LogP contribution is -1.84. The van der Waals surface area contributed by atoms with E-state index in [1.807, 2.05) is 24.4 Å². The molecular formula is C12H11N3OS. The van der Waals surface area contributed by atoms with Crippen LogP contribution in [0.2, 0.25) is 0 Å². The number of benzene rings is 1. The molecule has 0 atom stereocenters. The number of hydrogen-bond donors (Lipinski definition) is 2. The molecule has 4 nitrogen and oxygen atoms in total. The quantitative estimate of drug-likeness (QED) is 0.743. The first-order valence-corrected chi connectivity index (χ1v) is 6.17. The summed E-state index contributed by atoms with van der Waals surface area (Å²) in [5.41, 5.74) is 3.05. The van der Waals surface area contributed by atoms with Crippen LogP contribution in [0.25, 0.3) is 21.6 Å². The van der Waals surface area contributed by atoms with Gasteiger partial charge in [-0.1, -0.05) is 0 Å². The molecule has 0 aliphatic carbocycles. The Kier molecular flexibility index (Phi) is 2.62. The van der Waals surface area contributed by atoms with E-state index in [9.17, 15) is 0 Å². The molecule has 5 heteroatoms. The second kappa shape index (κ2) is 4.27. The highest BCUT2D eigenvalue weighted by Gasteiger charge is 2.06. The number of aromatic nitrogens is 3. The first-order valence-electron chi connectivity index (χ1n) is 5.36. The Hall–Kier alpha value is -1.72. The molecule has 2 aromatic heterocycles. The third-order valence-electron chi connectivity index (χ3n) is 2.58. The molecular weight excluding hydrogens is 234 g/mol. The minimum atomic E-state index is 0.168. The summed E-state index contributed by atoms with van der Waals surface area (Å²) in [6.45, 7) is 0.168. The van der Waals surface area contributed by atoms with Crippen LogP contribution in [0.4, 0.5) is 0 Å². The molecule has 0 unspecified atom stereocenters. The third kappa shape index (κ3) is 1.94. The maximum Gasteiger partial charge on any atom is 0.123 e. The van der Waals surface area contributed by atoms with E-state index in [-0.39, 0.29) is 6.61 Å². The van der Waals surface area contributed by atoms with Gasteiger partial charge in [-0.25, -0.2) is 9.97 Å². The van der Waals surface area contributed by atoms with Crippen LogP contribution >= 0.6 is 11.3 Å². The summed E-state index contributed by atoms with van der Waals surface area (Å²) in [6.07, 6.45) is 4.19. The molecule has 86 valence electrons. The van der Waals surface area contributed by atoms with Gasteiger partial charge in [0, 0.05) is 29.7 Å². The number of thiazole rings is 1. The van der Waals surface area contributed by atoms with Crippen molar-refractivity contribution in [3.8, 4) is 10.6 Å². The fourth-order valence-electron chi connectivity index (χ4n) is 1.74. The summed E-state index contributed by atoms with van der Waals surface area (Å²) < 4.78 is 0. The lowest BCUT2D eigenvalue weighted by atomic mass is 10.2. The van der Waals surface area contributed by atoms with Gasteiger partial charge >= 0.3 is 0 Å². The van der Waals surface area contributed by atoms with E-state index < -0.39 is 0 Å². The Morgan fingerprint density at radius 2 is 2.24 bits per heavy atom. The Bertz CT molecular complexity index is 644. The number of nitrogens with zero attached hydrogens (tertiary/aromatic N) is 2. The van der Waals surface area contributed by atoms with E-state index in [1.165, 1.54) is 0 Å². The van der Waals surface area contributed by atoms with E-state index in [1.54, 1.807) is 17.7 Å². The summed E-state index contributed by atoms with van der Waals surface area (Å²) in [7, 11) is 0. The molecule has 0 saturated heterocycles. The molecule has 0 bridgehead atoms. The highest BCUT2D eigenvalue weighted by molar-refractivity contribution is 7.15. The predicted octanol–water partition coefficient (Wildman–Crippen LogP) is 2.22. The molecule has 0 amide bonds. The van der Waals surface area contributed by atoms with Crippen LogP contribution in [0.1, 0.15) is 4.88 Å². The SMILES string of the molecule is OCCc1cnc(-c2ccc3nc[nH]c3c2)s1. The molecule has 2 heterocycles. The molecule has 0 spiro atoms. The topological polar surface area (TPSA) is 61.8 Å². The standard InChI is InChI=1S/C12H11N3OS/c16-4-3-9-6-13-12(17-9)8-1-2-10-11(5-8)15-7-14-10/h1-2,5-7,16H,3-4H2,(H,14,15). The van der Waals surface area contributed by atoms with Gasteiger partial charge in [0.1, 0.15) is 5.01 Å². The number of aromatic amines is 1. The van der Waals surface area contributed by atoms with Crippen molar-refractivity contribution in [2.45, 2.75) is 6.42 Å². The van der Waals surface area contributed by atoms with Gasteiger partial charge in [0.05, 0.1) is 17.4 Å². The molecule has 3 rings (SSSR count). The number of hydrogen-bond acceptors (Lipinski definition) is 4. The molecule has 0 fully saturated rings. The molecule has 0 radical (unpaired) electrons. The van der Waals surface area contributed by atoms with Crippen molar-refractivity contribution < 1.29 is 5.11 Å². The number of fused-ring (bicyclic) bond motifs is 1. The van der Waals surface area contributed by atoms with Crippen LogP contribution in [0.15, 0.2) is 30.7 Å². The van der Waals surface area contributed by atoms with Gasteiger partial charge in [-0.05, 0) is 18.2 Å². The van der Waals surface area contributed by atoms with E-state index in [0.717, 1.165) is 26.5 Å². The Balaban J connectivity index is 2.00. The summed E-state index contributed by atoms with van der Waals surface area (Å²) in [6, 6.07) is 6.04. The van der Waals surface area contributed by atoms with Crippen molar-refractivity contribution in [3.05, 3.63) is 35.6 Å². The highest BCUT2D eigenvalue weighted by atomic mass is 32.1. The molecule has 3 aromatic rings. The summed E-state index contributed by atoms with van der Waals surface area (Å²) in [5, 5.41) is 9.86. The number of H-pyrrole nitrogens is 1. The average Bonchev–Trinajstić information content (AvgIpc) is 2.96. The zero-order valence-corrected chi connectivity index (χ0v) is 9.87. The van der Waals surface area contributed by atoms with Crippen molar-refractivity contribution in [2.75, 3.05) is 6.61 Å². The first-order chi connectivity index (χ1) is 8.36. The number of rotatable bonds is 3. The number of aliphatic hydroxyl groups is 1. The minimum Gasteiger partial charge on any atom is -0.396 e. The van der Waals surface area contributed by atoms with Gasteiger partial charge < -0.3 is 10.1 Å². The normalized spacial score (nSPS) is 11.1. The number of aliphatic hydroxyl groups excluding tert-OH is 1. The van der Waals surface area contributed by atoms with Crippen molar-refractivity contribution in [1.82, 2.24) is 15.0 Å². The molecule has 0 aliphatic heterocycles. The molecule has 2 N–H and O–H groups in total. The number of imidazole rings is 1. The van der Waals surface area contributed by atoms with Gasteiger partial charge in [-0.15, -0.1) is 11.3 Å². The minimum absolute atomic E-state index is 0.168. The van der Waals surface area contributed by atoms with E-state index in [0.29, 0.717) is 6.42 Å². The van der Waals surface area contributed by atoms with Gasteiger partial charge in [-0.2, -0.15) is 0 Å². The van der Waals surface area contributed by atoms with Crippen LogP contribution in [0, 0.1) is 0 Å². The number of nitrogens with one attached hydrogen (secondary N) is 1. The second-order valence-electron chi connectivity index (χ2n) is 3.74. The zero-order chi connectivity index (χ0) is 11.7. The fourth-order valence-corrected chi connectivity index (χ4v) is 2.63. The maximum atomic E-state index is 8.88. The van der Waals surface area contributed by atoms with Crippen molar-refractivity contribution in [3.63, 3.8) is 0 Å². The van der Waals surface area contributed by atoms with Gasteiger partial charge in [0.25, 0.3) is 0 Å². The molecule has 0 aliphatic rings. The van der Waals surface area contributed by atoms with E-state index in [4.69, 9.17) is 5.11 Å². The molecule has 0 saturated carbocycles. The fraction of sp³-hybridized carbons (Fsp3) is 0.167. The summed E-state index contributed by atoms with van der Waals surface area (Å²) >= 11 is 1.62. The zero-order valence-electron chi connectivity index (χ0n) is 9.05. The molecule has 17 heavy (non-hydrogen) atoms. The lowest BCUT2D eigenvalue weighted by molar-refractivity contribution is 0.300. The second-order valence-corrected chi connectivity index (χ2v) is 4.85. The van der Waals surface area contributed by atoms with Gasteiger partial charge in [0.2, 0.25) is 0 Å². The monoisotopic (exact) mass is 245 g/mol. The van der Waals surface area contributed by atoms with E-state index in [2.05, 4.69) is 15.0 Å². The third-order valence-corrected chi connectivity index (χ3v) is 3.69. The lowest BCUT2D eigenvalue weighted by Gasteiger charge is -1.95. The van der Waals surface area contributed by atoms with Crippen molar-refractivity contribution in [1.29, 1.82) is 0 Å². The summed E-state index contributed by atoms with van der Waals surface area (Å²) in [4.78, 5) is 12.7. The molecule has 1 aromatic carbocycles. The largest absolute Gasteiger partial charge is 0.396 e. The Morgan fingerprint density at radius 1 is 1.29 bits per heavy atom. The average molecular weight is 245 g/mol. The van der Waals surface area contributed by atoms with Crippen LogP contribution in [-0.4, -0.2) is 26.7 Å². The van der Waals surface area contributed by atoms with Crippen LogP contribution < -0.4 is 0 Å². The first kappa shape index (κ1) is 10.4. The Labute approximate surface area is 102 Å². The summed E-state index contributed by atoms with van der Waals surface area (Å²) in [5.74, 6) is 0. The Morgan fingerprint density at radius 3 is 3.12 bits per heavy atom. The van der Waals surface area contributed by atoms with Crippen LogP contribution in [0.5, 0.6) is 0 Å². The predicted molar refractivity (Wildman–Crippen MR) is 68.0 cm³/mol. The highest BCUT2D eigenvalue weighted by Crippen LogP contribution is 2.27. The van der Waals surface area contributed by atoms with Crippen molar-refractivity contribution >= 4 is 22.4 Å². The van der Waals surface area contributed by atoms with Crippen LogP contribution in [0.3, 0.4) is 0 Å². The smallest absolute Gasteiger partial charge is 0.123 e.